The number of carbonyl (C=O) groups excluding carboxylic acids is 1. The van der Waals surface area contributed by atoms with Crippen LogP contribution in [0.1, 0.15) is 6.92 Å². The molecule has 0 atom stereocenters. The molecule has 1 rings (SSSR count). The molecular weight excluding hydrogens is 256 g/mol. The lowest BCUT2D eigenvalue weighted by Gasteiger charge is -2.08. The van der Waals surface area contributed by atoms with Gasteiger partial charge in [-0.2, -0.15) is 8.78 Å². The molecule has 0 saturated heterocycles. The first-order valence-electron chi connectivity index (χ1n) is 5.27. The number of amides is 1. The predicted molar refractivity (Wildman–Crippen MR) is 70.9 cm³/mol. The van der Waals surface area contributed by atoms with E-state index in [9.17, 15) is 13.6 Å². The Kier molecular flexibility index (Phi) is 6.14. The SMILES string of the molecule is C/C=C/C=C/C(=O)Nc1ccccc1SC(F)F. The van der Waals surface area contributed by atoms with E-state index >= 15 is 0 Å². The van der Waals surface area contributed by atoms with Crippen LogP contribution in [-0.4, -0.2) is 11.7 Å². The maximum atomic E-state index is 12.3. The number of anilines is 1. The van der Waals surface area contributed by atoms with Crippen LogP contribution in [0.5, 0.6) is 0 Å². The average Bonchev–Trinajstić information content (AvgIpc) is 2.31. The quantitative estimate of drug-likeness (QED) is 0.496. The molecule has 1 N–H and O–H groups in total. The third-order valence-electron chi connectivity index (χ3n) is 1.91. The molecule has 0 heterocycles. The predicted octanol–water partition coefficient (Wildman–Crippen LogP) is 4.07. The van der Waals surface area contributed by atoms with Crippen LogP contribution < -0.4 is 5.32 Å². The van der Waals surface area contributed by atoms with Gasteiger partial charge in [0.2, 0.25) is 5.91 Å². The summed E-state index contributed by atoms with van der Waals surface area (Å²) >= 11 is 0.409. The molecule has 96 valence electrons. The van der Waals surface area contributed by atoms with Crippen molar-refractivity contribution in [1.82, 2.24) is 0 Å². The maximum Gasteiger partial charge on any atom is 0.288 e. The normalized spacial score (nSPS) is 11.6. The number of hydrogen-bond donors (Lipinski definition) is 1. The molecule has 2 nitrogen and oxygen atoms in total. The zero-order valence-corrected chi connectivity index (χ0v) is 10.6. The molecule has 18 heavy (non-hydrogen) atoms. The van der Waals surface area contributed by atoms with Crippen molar-refractivity contribution in [2.24, 2.45) is 0 Å². The van der Waals surface area contributed by atoms with Crippen molar-refractivity contribution in [2.75, 3.05) is 5.32 Å². The van der Waals surface area contributed by atoms with Crippen molar-refractivity contribution in [3.05, 3.63) is 48.6 Å². The van der Waals surface area contributed by atoms with Crippen molar-refractivity contribution in [2.45, 2.75) is 17.6 Å². The van der Waals surface area contributed by atoms with Crippen LogP contribution in [0.3, 0.4) is 0 Å². The van der Waals surface area contributed by atoms with E-state index in [1.165, 1.54) is 6.08 Å². The smallest absolute Gasteiger partial charge is 0.288 e. The van der Waals surface area contributed by atoms with Crippen molar-refractivity contribution in [3.63, 3.8) is 0 Å². The maximum absolute atomic E-state index is 12.3. The molecule has 0 radical (unpaired) electrons. The molecule has 0 fully saturated rings. The third-order valence-corrected chi connectivity index (χ3v) is 2.70. The minimum atomic E-state index is -2.51. The zero-order chi connectivity index (χ0) is 13.4. The van der Waals surface area contributed by atoms with Gasteiger partial charge in [-0.3, -0.25) is 4.79 Å². The largest absolute Gasteiger partial charge is 0.321 e. The standard InChI is InChI=1S/C13H13F2NOS/c1-2-3-4-9-12(17)16-10-7-5-6-8-11(10)18-13(14)15/h2-9,13H,1H3,(H,16,17)/b3-2+,9-4+. The van der Waals surface area contributed by atoms with Gasteiger partial charge in [0, 0.05) is 11.0 Å². The van der Waals surface area contributed by atoms with E-state index < -0.39 is 5.76 Å². The number of alkyl halides is 2. The second-order valence-electron chi connectivity index (χ2n) is 3.25. The van der Waals surface area contributed by atoms with Gasteiger partial charge in [-0.1, -0.05) is 42.1 Å². The van der Waals surface area contributed by atoms with E-state index in [1.807, 2.05) is 6.92 Å². The molecule has 0 aliphatic carbocycles. The molecule has 5 heteroatoms. The molecule has 0 spiro atoms. The first kappa shape index (κ1) is 14.4. The Morgan fingerprint density at radius 2 is 2.06 bits per heavy atom. The number of thioether (sulfide) groups is 1. The molecule has 0 aliphatic rings. The highest BCUT2D eigenvalue weighted by molar-refractivity contribution is 7.99. The topological polar surface area (TPSA) is 29.1 Å². The molecule has 1 aromatic carbocycles. The molecule has 1 aromatic rings. The van der Waals surface area contributed by atoms with Gasteiger partial charge in [0.05, 0.1) is 5.69 Å². The van der Waals surface area contributed by atoms with Gasteiger partial charge in [-0.25, -0.2) is 0 Å². The Hall–Kier alpha value is -1.62. The zero-order valence-electron chi connectivity index (χ0n) is 9.77. The van der Waals surface area contributed by atoms with E-state index in [-0.39, 0.29) is 5.91 Å². The highest BCUT2D eigenvalue weighted by Gasteiger charge is 2.10. The minimum Gasteiger partial charge on any atom is -0.321 e. The lowest BCUT2D eigenvalue weighted by atomic mass is 10.3. The summed E-state index contributed by atoms with van der Waals surface area (Å²) in [5.41, 5.74) is 0.387. The Morgan fingerprint density at radius 3 is 2.72 bits per heavy atom. The number of allylic oxidation sites excluding steroid dienone is 3. The summed E-state index contributed by atoms with van der Waals surface area (Å²) < 4.78 is 24.6. The van der Waals surface area contributed by atoms with Crippen LogP contribution in [0.15, 0.2) is 53.5 Å². The van der Waals surface area contributed by atoms with Crippen LogP contribution in [0.2, 0.25) is 0 Å². The average molecular weight is 269 g/mol. The molecular formula is C13H13F2NOS. The van der Waals surface area contributed by atoms with Gasteiger partial charge in [0.1, 0.15) is 0 Å². The number of rotatable bonds is 5. The first-order valence-corrected chi connectivity index (χ1v) is 6.15. The number of halogens is 2. The van der Waals surface area contributed by atoms with E-state index in [0.717, 1.165) is 0 Å². The molecule has 1 amide bonds. The molecule has 0 aromatic heterocycles. The van der Waals surface area contributed by atoms with Crippen LogP contribution >= 0.6 is 11.8 Å². The van der Waals surface area contributed by atoms with Gasteiger partial charge in [-0.15, -0.1) is 0 Å². The fourth-order valence-electron chi connectivity index (χ4n) is 1.20. The monoisotopic (exact) mass is 269 g/mol. The highest BCUT2D eigenvalue weighted by Crippen LogP contribution is 2.31. The molecule has 0 unspecified atom stereocenters. The summed E-state index contributed by atoms with van der Waals surface area (Å²) in [6.45, 7) is 1.83. The fourth-order valence-corrected chi connectivity index (χ4v) is 1.79. The summed E-state index contributed by atoms with van der Waals surface area (Å²) in [6.07, 6.45) is 6.41. The minimum absolute atomic E-state index is 0.347. The van der Waals surface area contributed by atoms with Crippen molar-refractivity contribution < 1.29 is 13.6 Å². The summed E-state index contributed by atoms with van der Waals surface area (Å²) in [7, 11) is 0. The third kappa shape index (κ3) is 5.14. The van der Waals surface area contributed by atoms with Crippen LogP contribution in [-0.2, 0) is 4.79 Å². The van der Waals surface area contributed by atoms with Gasteiger partial charge in [0.15, 0.2) is 0 Å². The second kappa shape index (κ2) is 7.66. The first-order chi connectivity index (χ1) is 8.63. The number of carbonyl (C=O) groups is 1. The van der Waals surface area contributed by atoms with Crippen molar-refractivity contribution >= 4 is 23.4 Å². The van der Waals surface area contributed by atoms with Crippen molar-refractivity contribution in [1.29, 1.82) is 0 Å². The van der Waals surface area contributed by atoms with Gasteiger partial charge >= 0.3 is 0 Å². The lowest BCUT2D eigenvalue weighted by molar-refractivity contribution is -0.111. The molecule has 0 bridgehead atoms. The summed E-state index contributed by atoms with van der Waals surface area (Å²) in [5.74, 6) is -2.86. The molecule has 0 aliphatic heterocycles. The lowest BCUT2D eigenvalue weighted by Crippen LogP contribution is -2.08. The van der Waals surface area contributed by atoms with Gasteiger partial charge in [0.25, 0.3) is 5.76 Å². The number of para-hydroxylation sites is 1. The Balaban J connectivity index is 2.74. The number of benzene rings is 1. The number of nitrogens with one attached hydrogen (secondary N) is 1. The fraction of sp³-hybridized carbons (Fsp3) is 0.154. The van der Waals surface area contributed by atoms with E-state index in [0.29, 0.717) is 22.3 Å². The molecule has 0 saturated carbocycles. The van der Waals surface area contributed by atoms with Gasteiger partial charge < -0.3 is 5.32 Å². The van der Waals surface area contributed by atoms with E-state index in [4.69, 9.17) is 0 Å². The Morgan fingerprint density at radius 1 is 1.33 bits per heavy atom. The second-order valence-corrected chi connectivity index (χ2v) is 4.28. The summed E-state index contributed by atoms with van der Waals surface area (Å²) in [6, 6.07) is 6.46. The van der Waals surface area contributed by atoms with Crippen LogP contribution in [0.4, 0.5) is 14.5 Å². The Labute approximate surface area is 109 Å². The van der Waals surface area contributed by atoms with Crippen LogP contribution in [0.25, 0.3) is 0 Å². The van der Waals surface area contributed by atoms with Gasteiger partial charge in [-0.05, 0) is 19.1 Å². The summed E-state index contributed by atoms with van der Waals surface area (Å²) in [4.78, 5) is 11.8. The van der Waals surface area contributed by atoms with Crippen LogP contribution in [0, 0.1) is 0 Å². The van der Waals surface area contributed by atoms with Crippen molar-refractivity contribution in [3.8, 4) is 0 Å². The van der Waals surface area contributed by atoms with E-state index in [1.54, 1.807) is 42.5 Å². The Bertz CT molecular complexity index is 458. The highest BCUT2D eigenvalue weighted by atomic mass is 32.2. The number of hydrogen-bond acceptors (Lipinski definition) is 2. The van der Waals surface area contributed by atoms with E-state index in [2.05, 4.69) is 5.32 Å². The summed E-state index contributed by atoms with van der Waals surface area (Å²) in [5, 5.41) is 2.56.